The lowest BCUT2D eigenvalue weighted by molar-refractivity contribution is -0.140. The van der Waals surface area contributed by atoms with Gasteiger partial charge in [-0.2, -0.15) is 13.2 Å². The number of nitrogens with zero attached hydrogens (tertiary/aromatic N) is 1. The quantitative estimate of drug-likeness (QED) is 0.679. The van der Waals surface area contributed by atoms with Crippen LogP contribution in [0.3, 0.4) is 0 Å². The summed E-state index contributed by atoms with van der Waals surface area (Å²) in [4.78, 5) is 2.17. The first kappa shape index (κ1) is 23.5. The number of rotatable bonds is 3. The van der Waals surface area contributed by atoms with Gasteiger partial charge in [-0.15, -0.1) is 24.8 Å². The lowest BCUT2D eigenvalue weighted by Gasteiger charge is -2.41. The fraction of sp³-hybridized carbons (Fsp3) is 0.667. The van der Waals surface area contributed by atoms with E-state index in [2.05, 4.69) is 10.2 Å². The minimum absolute atomic E-state index is 0. The number of nitrogens with one attached hydrogen (secondary N) is 1. The van der Waals surface area contributed by atoms with E-state index in [1.54, 1.807) is 6.07 Å². The second-order valence-corrected chi connectivity index (χ2v) is 6.84. The molecule has 8 heteroatoms. The Morgan fingerprint density at radius 3 is 2.19 bits per heavy atom. The van der Waals surface area contributed by atoms with Gasteiger partial charge in [0.2, 0.25) is 0 Å². The number of alkyl halides is 3. The predicted octanol–water partition coefficient (Wildman–Crippen LogP) is 5.21. The Morgan fingerprint density at radius 1 is 1.00 bits per heavy atom. The Balaban J connectivity index is 0.00000169. The third-order valence-corrected chi connectivity index (χ3v) is 5.29. The van der Waals surface area contributed by atoms with Crippen LogP contribution < -0.4 is 5.32 Å². The van der Waals surface area contributed by atoms with Crippen molar-refractivity contribution in [3.05, 3.63) is 35.1 Å². The lowest BCUT2D eigenvalue weighted by Crippen LogP contribution is -2.47. The molecule has 1 atom stereocenters. The molecule has 2 nitrogen and oxygen atoms in total. The monoisotopic (exact) mass is 416 g/mol. The van der Waals surface area contributed by atoms with Crippen LogP contribution in [0.4, 0.5) is 17.6 Å². The third kappa shape index (κ3) is 5.24. The third-order valence-electron chi connectivity index (χ3n) is 5.29. The van der Waals surface area contributed by atoms with Crippen LogP contribution >= 0.6 is 24.8 Å². The number of hydrogen-bond acceptors (Lipinski definition) is 2. The van der Waals surface area contributed by atoms with Crippen LogP contribution in [0, 0.1) is 11.7 Å². The van der Waals surface area contributed by atoms with E-state index >= 15 is 0 Å². The number of benzene rings is 1. The van der Waals surface area contributed by atoms with Gasteiger partial charge in [0.25, 0.3) is 0 Å². The molecule has 3 rings (SSSR count). The molecule has 1 heterocycles. The molecule has 1 aliphatic carbocycles. The summed E-state index contributed by atoms with van der Waals surface area (Å²) in [6, 6.07) is 3.48. The van der Waals surface area contributed by atoms with Crippen molar-refractivity contribution >= 4 is 24.8 Å². The minimum atomic E-state index is -4.65. The van der Waals surface area contributed by atoms with Gasteiger partial charge < -0.3 is 5.32 Å². The molecule has 0 spiro atoms. The smallest absolute Gasteiger partial charge is 0.314 e. The molecule has 0 bridgehead atoms. The molecular formula is C18H26Cl2F4N2. The molecule has 1 saturated heterocycles. The van der Waals surface area contributed by atoms with E-state index in [9.17, 15) is 17.6 Å². The zero-order chi connectivity index (χ0) is 17.2. The molecule has 1 aromatic carbocycles. The van der Waals surface area contributed by atoms with Crippen molar-refractivity contribution in [1.29, 1.82) is 0 Å². The summed E-state index contributed by atoms with van der Waals surface area (Å²) >= 11 is 0. The van der Waals surface area contributed by atoms with E-state index in [-0.39, 0.29) is 42.3 Å². The Kier molecular flexibility index (Phi) is 9.13. The Morgan fingerprint density at radius 2 is 1.62 bits per heavy atom. The first-order valence-corrected chi connectivity index (χ1v) is 8.79. The average Bonchev–Trinajstić information content (AvgIpc) is 2.58. The lowest BCUT2D eigenvalue weighted by atomic mass is 9.79. The van der Waals surface area contributed by atoms with Crippen LogP contribution in [0.25, 0.3) is 0 Å². The molecule has 1 saturated carbocycles. The second-order valence-electron chi connectivity index (χ2n) is 6.84. The Hall–Kier alpha value is -0.560. The molecule has 1 aromatic rings. The normalized spacial score (nSPS) is 20.8. The van der Waals surface area contributed by atoms with Crippen molar-refractivity contribution in [3.8, 4) is 0 Å². The summed E-state index contributed by atoms with van der Waals surface area (Å²) in [5.41, 5.74) is -0.922. The molecule has 26 heavy (non-hydrogen) atoms. The predicted molar refractivity (Wildman–Crippen MR) is 99.7 cm³/mol. The molecule has 0 unspecified atom stereocenters. The highest BCUT2D eigenvalue weighted by molar-refractivity contribution is 5.85. The van der Waals surface area contributed by atoms with Gasteiger partial charge in [0.15, 0.2) is 0 Å². The standard InChI is InChI=1S/C18H24F4N2.2ClH/c19-16-14(7-4-8-15(16)18(20,21)22)17(13-5-2-1-3-6-13)24-11-9-23-10-12-24;;/h4,7-8,13,17,23H,1-3,5-6,9-12H2;2*1H/t17-;;/m0../s1. The second kappa shape index (κ2) is 10.1. The summed E-state index contributed by atoms with van der Waals surface area (Å²) < 4.78 is 54.1. The maximum atomic E-state index is 14.8. The summed E-state index contributed by atoms with van der Waals surface area (Å²) in [5, 5.41) is 3.26. The van der Waals surface area contributed by atoms with Crippen molar-refractivity contribution in [2.75, 3.05) is 26.2 Å². The summed E-state index contributed by atoms with van der Waals surface area (Å²) in [5.74, 6) is -0.853. The van der Waals surface area contributed by atoms with Gasteiger partial charge in [0.05, 0.1) is 5.56 Å². The topological polar surface area (TPSA) is 15.3 Å². The summed E-state index contributed by atoms with van der Waals surface area (Å²) in [6.45, 7) is 3.08. The largest absolute Gasteiger partial charge is 0.419 e. The maximum Gasteiger partial charge on any atom is 0.419 e. The fourth-order valence-corrected chi connectivity index (χ4v) is 4.16. The molecule has 2 aliphatic rings. The van der Waals surface area contributed by atoms with Gasteiger partial charge in [0.1, 0.15) is 5.82 Å². The number of piperazine rings is 1. The van der Waals surface area contributed by atoms with Gasteiger partial charge in [-0.1, -0.05) is 31.4 Å². The zero-order valence-electron chi connectivity index (χ0n) is 14.5. The van der Waals surface area contributed by atoms with Crippen molar-refractivity contribution in [2.45, 2.75) is 44.3 Å². The van der Waals surface area contributed by atoms with Gasteiger partial charge >= 0.3 is 6.18 Å². The van der Waals surface area contributed by atoms with Crippen LogP contribution in [-0.2, 0) is 6.18 Å². The maximum absolute atomic E-state index is 14.8. The van der Waals surface area contributed by atoms with E-state index < -0.39 is 17.6 Å². The summed E-state index contributed by atoms with van der Waals surface area (Å²) in [7, 11) is 0. The highest BCUT2D eigenvalue weighted by Gasteiger charge is 2.38. The molecule has 0 radical (unpaired) electrons. The first-order valence-electron chi connectivity index (χ1n) is 8.79. The Bertz CT molecular complexity index is 539. The van der Waals surface area contributed by atoms with Gasteiger partial charge in [-0.05, 0) is 24.8 Å². The van der Waals surface area contributed by atoms with E-state index in [0.29, 0.717) is 0 Å². The first-order chi connectivity index (χ1) is 11.5. The highest BCUT2D eigenvalue weighted by Crippen LogP contribution is 2.42. The number of hydrogen-bond donors (Lipinski definition) is 1. The highest BCUT2D eigenvalue weighted by atomic mass is 35.5. The van der Waals surface area contributed by atoms with Crippen LogP contribution in [0.1, 0.15) is 49.3 Å². The van der Waals surface area contributed by atoms with Crippen molar-refractivity contribution in [2.24, 2.45) is 5.92 Å². The van der Waals surface area contributed by atoms with Crippen molar-refractivity contribution < 1.29 is 17.6 Å². The van der Waals surface area contributed by atoms with Crippen molar-refractivity contribution in [1.82, 2.24) is 10.2 Å². The molecular weight excluding hydrogens is 391 g/mol. The van der Waals surface area contributed by atoms with E-state index in [4.69, 9.17) is 0 Å². The molecule has 0 amide bonds. The molecule has 1 aliphatic heterocycles. The van der Waals surface area contributed by atoms with E-state index in [1.165, 1.54) is 6.07 Å². The van der Waals surface area contributed by atoms with E-state index in [0.717, 1.165) is 64.3 Å². The molecule has 2 fully saturated rings. The zero-order valence-corrected chi connectivity index (χ0v) is 16.2. The van der Waals surface area contributed by atoms with Crippen LogP contribution in [0.2, 0.25) is 0 Å². The van der Waals surface area contributed by atoms with Crippen molar-refractivity contribution in [3.63, 3.8) is 0 Å². The fourth-order valence-electron chi connectivity index (χ4n) is 4.16. The SMILES string of the molecule is Cl.Cl.Fc1c([C@H](C2CCCCC2)N2CCNCC2)cccc1C(F)(F)F. The van der Waals surface area contributed by atoms with Crippen LogP contribution in [0.15, 0.2) is 18.2 Å². The molecule has 1 N–H and O–H groups in total. The van der Waals surface area contributed by atoms with Gasteiger partial charge in [-0.3, -0.25) is 4.90 Å². The van der Waals surface area contributed by atoms with E-state index in [1.807, 2.05) is 0 Å². The Labute approximate surface area is 164 Å². The van der Waals surface area contributed by atoms with Crippen LogP contribution in [0.5, 0.6) is 0 Å². The average molecular weight is 417 g/mol. The minimum Gasteiger partial charge on any atom is -0.314 e. The summed E-state index contributed by atoms with van der Waals surface area (Å²) in [6.07, 6.45) is 0.590. The van der Waals surface area contributed by atoms with Gasteiger partial charge in [-0.25, -0.2) is 4.39 Å². The molecule has 0 aromatic heterocycles. The number of halogens is 6. The van der Waals surface area contributed by atoms with Gasteiger partial charge in [0, 0.05) is 37.8 Å². The van der Waals surface area contributed by atoms with Crippen LogP contribution in [-0.4, -0.2) is 31.1 Å². The molecule has 150 valence electrons.